The third kappa shape index (κ3) is 4.55. The first-order chi connectivity index (χ1) is 15.3. The molecule has 6 heteroatoms. The molecule has 6 nitrogen and oxygen atoms in total. The van der Waals surface area contributed by atoms with Crippen molar-refractivity contribution in [3.63, 3.8) is 0 Å². The summed E-state index contributed by atoms with van der Waals surface area (Å²) in [6, 6.07) is 11.8. The number of rotatable bonds is 8. The van der Waals surface area contributed by atoms with Gasteiger partial charge in [0, 0.05) is 6.54 Å². The molecule has 0 saturated carbocycles. The molecule has 2 aromatic rings. The molecule has 1 amide bonds. The highest BCUT2D eigenvalue weighted by Crippen LogP contribution is 2.41. The Kier molecular flexibility index (Phi) is 7.36. The zero-order valence-electron chi connectivity index (χ0n) is 19.3. The number of benzene rings is 2. The number of phenols is 1. The molecular formula is C26H32N2O4. The van der Waals surface area contributed by atoms with E-state index in [1.165, 1.54) is 0 Å². The monoisotopic (exact) mass is 436 g/mol. The minimum absolute atomic E-state index is 0.0163. The Morgan fingerprint density at radius 1 is 1.03 bits per heavy atom. The SMILES string of the molecule is CCN(CC)CCCN1C(=O)C(=O)C(=C(O)c2cc(C)c(C)cc2O)C1c1ccccc1. The maximum Gasteiger partial charge on any atom is 0.295 e. The molecule has 170 valence electrons. The summed E-state index contributed by atoms with van der Waals surface area (Å²) in [6.45, 7) is 11.0. The van der Waals surface area contributed by atoms with Crippen molar-refractivity contribution >= 4 is 17.4 Å². The lowest BCUT2D eigenvalue weighted by Crippen LogP contribution is -2.33. The average molecular weight is 437 g/mol. The fraction of sp³-hybridized carbons (Fsp3) is 0.385. The van der Waals surface area contributed by atoms with E-state index in [1.807, 2.05) is 44.2 Å². The van der Waals surface area contributed by atoms with Crippen LogP contribution in [0.5, 0.6) is 5.75 Å². The topological polar surface area (TPSA) is 81.1 Å². The molecule has 2 aromatic carbocycles. The third-order valence-corrected chi connectivity index (χ3v) is 6.29. The molecule has 0 aliphatic carbocycles. The Hall–Kier alpha value is -3.12. The number of phenolic OH excluding ortho intramolecular Hbond substituents is 1. The van der Waals surface area contributed by atoms with E-state index in [0.717, 1.165) is 36.3 Å². The summed E-state index contributed by atoms with van der Waals surface area (Å²) in [5, 5.41) is 21.6. The molecule has 32 heavy (non-hydrogen) atoms. The van der Waals surface area contributed by atoms with Crippen LogP contribution in [0.2, 0.25) is 0 Å². The van der Waals surface area contributed by atoms with Crippen LogP contribution in [0.3, 0.4) is 0 Å². The summed E-state index contributed by atoms with van der Waals surface area (Å²) < 4.78 is 0. The fourth-order valence-corrected chi connectivity index (χ4v) is 4.23. The van der Waals surface area contributed by atoms with Crippen molar-refractivity contribution in [1.29, 1.82) is 0 Å². The van der Waals surface area contributed by atoms with Crippen LogP contribution < -0.4 is 0 Å². The van der Waals surface area contributed by atoms with Crippen molar-refractivity contribution in [2.75, 3.05) is 26.2 Å². The largest absolute Gasteiger partial charge is 0.507 e. The van der Waals surface area contributed by atoms with E-state index in [9.17, 15) is 19.8 Å². The molecule has 1 aliphatic rings. The predicted octanol–water partition coefficient (Wildman–Crippen LogP) is 4.16. The number of hydrogen-bond donors (Lipinski definition) is 2. The molecule has 2 N–H and O–H groups in total. The van der Waals surface area contributed by atoms with Crippen LogP contribution in [-0.4, -0.2) is 57.9 Å². The number of hydrogen-bond acceptors (Lipinski definition) is 5. The molecule has 1 heterocycles. The van der Waals surface area contributed by atoms with E-state index in [1.54, 1.807) is 17.0 Å². The first-order valence-corrected chi connectivity index (χ1v) is 11.2. The summed E-state index contributed by atoms with van der Waals surface area (Å²) in [4.78, 5) is 29.9. The molecule has 1 fully saturated rings. The van der Waals surface area contributed by atoms with Crippen LogP contribution in [-0.2, 0) is 9.59 Å². The number of carbonyl (C=O) groups excluding carboxylic acids is 2. The van der Waals surface area contributed by atoms with Gasteiger partial charge >= 0.3 is 0 Å². The first-order valence-electron chi connectivity index (χ1n) is 11.2. The van der Waals surface area contributed by atoms with E-state index < -0.39 is 17.7 Å². The fourth-order valence-electron chi connectivity index (χ4n) is 4.23. The normalized spacial score (nSPS) is 18.0. The minimum atomic E-state index is -0.725. The van der Waals surface area contributed by atoms with Crippen molar-refractivity contribution in [1.82, 2.24) is 9.80 Å². The summed E-state index contributed by atoms with van der Waals surface area (Å²) >= 11 is 0. The maximum absolute atomic E-state index is 13.1. The smallest absolute Gasteiger partial charge is 0.295 e. The lowest BCUT2D eigenvalue weighted by molar-refractivity contribution is -0.140. The average Bonchev–Trinajstić information content (AvgIpc) is 3.04. The van der Waals surface area contributed by atoms with E-state index in [-0.39, 0.29) is 22.6 Å². The molecule has 0 bridgehead atoms. The summed E-state index contributed by atoms with van der Waals surface area (Å²) in [5.41, 5.74) is 2.67. The number of amides is 1. The Morgan fingerprint density at radius 2 is 1.66 bits per heavy atom. The molecule has 0 aromatic heterocycles. The second kappa shape index (κ2) is 10.0. The Bertz CT molecular complexity index is 1030. The second-order valence-electron chi connectivity index (χ2n) is 8.24. The van der Waals surface area contributed by atoms with Crippen molar-refractivity contribution in [3.05, 3.63) is 70.3 Å². The number of nitrogens with zero attached hydrogens (tertiary/aromatic N) is 2. The van der Waals surface area contributed by atoms with E-state index >= 15 is 0 Å². The molecule has 1 unspecified atom stereocenters. The van der Waals surface area contributed by atoms with Gasteiger partial charge in [0.1, 0.15) is 11.5 Å². The minimum Gasteiger partial charge on any atom is -0.507 e. The van der Waals surface area contributed by atoms with Crippen LogP contribution in [0, 0.1) is 13.8 Å². The highest BCUT2D eigenvalue weighted by molar-refractivity contribution is 6.46. The van der Waals surface area contributed by atoms with Gasteiger partial charge in [0.05, 0.1) is 17.2 Å². The van der Waals surface area contributed by atoms with Gasteiger partial charge < -0.3 is 20.0 Å². The second-order valence-corrected chi connectivity index (χ2v) is 8.24. The van der Waals surface area contributed by atoms with Crippen molar-refractivity contribution < 1.29 is 19.8 Å². The van der Waals surface area contributed by atoms with E-state index in [4.69, 9.17) is 0 Å². The number of Topliss-reactive ketones (excluding diaryl/α,β-unsaturated/α-hetero) is 1. The Labute approximate surface area is 189 Å². The van der Waals surface area contributed by atoms with Crippen LogP contribution >= 0.6 is 0 Å². The van der Waals surface area contributed by atoms with Gasteiger partial charge in [0.15, 0.2) is 0 Å². The van der Waals surface area contributed by atoms with Gasteiger partial charge in [-0.2, -0.15) is 0 Å². The van der Waals surface area contributed by atoms with Crippen LogP contribution in [0.1, 0.15) is 48.6 Å². The zero-order chi connectivity index (χ0) is 23.4. The van der Waals surface area contributed by atoms with Crippen molar-refractivity contribution in [3.8, 4) is 5.75 Å². The Morgan fingerprint density at radius 3 is 2.28 bits per heavy atom. The lowest BCUT2D eigenvalue weighted by atomic mass is 9.94. The van der Waals surface area contributed by atoms with Crippen LogP contribution in [0.15, 0.2) is 48.0 Å². The number of likely N-dealkylation sites (tertiary alicyclic amines) is 1. The zero-order valence-corrected chi connectivity index (χ0v) is 19.3. The summed E-state index contributed by atoms with van der Waals surface area (Å²) in [7, 11) is 0. The summed E-state index contributed by atoms with van der Waals surface area (Å²) in [5.74, 6) is -1.81. The van der Waals surface area contributed by atoms with Gasteiger partial charge in [-0.05, 0) is 68.7 Å². The highest BCUT2D eigenvalue weighted by atomic mass is 16.3. The molecule has 1 atom stereocenters. The molecule has 3 rings (SSSR count). The van der Waals surface area contributed by atoms with Crippen molar-refractivity contribution in [2.24, 2.45) is 0 Å². The highest BCUT2D eigenvalue weighted by Gasteiger charge is 2.46. The van der Waals surface area contributed by atoms with Gasteiger partial charge in [-0.15, -0.1) is 0 Å². The molecule has 1 saturated heterocycles. The molecule has 0 radical (unpaired) electrons. The standard InChI is InChI=1S/C26H32N2O4/c1-5-27(6-2)13-10-14-28-23(19-11-8-7-9-12-19)22(25(31)26(28)32)24(30)20-15-17(3)18(4)16-21(20)29/h7-9,11-12,15-16,23,29-30H,5-6,10,13-14H2,1-4H3. The van der Waals surface area contributed by atoms with Crippen molar-refractivity contribution in [2.45, 2.75) is 40.2 Å². The number of aromatic hydroxyl groups is 1. The molecular weight excluding hydrogens is 404 g/mol. The number of aryl methyl sites for hydroxylation is 2. The number of ketones is 1. The van der Waals surface area contributed by atoms with Gasteiger partial charge in [-0.1, -0.05) is 44.2 Å². The van der Waals surface area contributed by atoms with Gasteiger partial charge in [0.2, 0.25) is 0 Å². The van der Waals surface area contributed by atoms with Crippen LogP contribution in [0.4, 0.5) is 0 Å². The molecule has 0 spiro atoms. The van der Waals surface area contributed by atoms with Gasteiger partial charge in [-0.3, -0.25) is 9.59 Å². The number of carbonyl (C=O) groups is 2. The number of aliphatic hydroxyl groups is 1. The van der Waals surface area contributed by atoms with Gasteiger partial charge in [-0.25, -0.2) is 0 Å². The third-order valence-electron chi connectivity index (χ3n) is 6.29. The summed E-state index contributed by atoms with van der Waals surface area (Å²) in [6.07, 6.45) is 0.715. The quantitative estimate of drug-likeness (QED) is 0.369. The van der Waals surface area contributed by atoms with E-state index in [0.29, 0.717) is 13.0 Å². The lowest BCUT2D eigenvalue weighted by Gasteiger charge is -2.26. The number of aliphatic hydroxyl groups excluding tert-OH is 1. The first kappa shape index (κ1) is 23.5. The van der Waals surface area contributed by atoms with Crippen LogP contribution in [0.25, 0.3) is 5.76 Å². The van der Waals surface area contributed by atoms with Gasteiger partial charge in [0.25, 0.3) is 11.7 Å². The van der Waals surface area contributed by atoms with E-state index in [2.05, 4.69) is 18.7 Å². The maximum atomic E-state index is 13.1. The Balaban J connectivity index is 2.06. The predicted molar refractivity (Wildman–Crippen MR) is 125 cm³/mol. The molecule has 1 aliphatic heterocycles.